The summed E-state index contributed by atoms with van der Waals surface area (Å²) >= 11 is 0. The van der Waals surface area contributed by atoms with Gasteiger partial charge in [0.25, 0.3) is 0 Å². The molecule has 3 rings (SSSR count). The Kier molecular flexibility index (Phi) is 6.14. The van der Waals surface area contributed by atoms with Gasteiger partial charge in [-0.25, -0.2) is 4.79 Å². The lowest BCUT2D eigenvalue weighted by molar-refractivity contribution is -0.130. The number of hydrogen-bond acceptors (Lipinski definition) is 4. The van der Waals surface area contributed by atoms with Gasteiger partial charge in [0.1, 0.15) is 5.75 Å². The zero-order valence-corrected chi connectivity index (χ0v) is 15.4. The van der Waals surface area contributed by atoms with Crippen molar-refractivity contribution in [3.8, 4) is 5.75 Å². The first-order valence-electron chi connectivity index (χ1n) is 8.93. The summed E-state index contributed by atoms with van der Waals surface area (Å²) in [7, 11) is 1.66. The van der Waals surface area contributed by atoms with Crippen LogP contribution in [-0.4, -0.2) is 56.7 Å². The van der Waals surface area contributed by atoms with E-state index in [0.29, 0.717) is 18.8 Å². The molecule has 1 heterocycles. The topological polar surface area (TPSA) is 73.9 Å². The van der Waals surface area contributed by atoms with E-state index < -0.39 is 0 Å². The highest BCUT2D eigenvalue weighted by molar-refractivity contribution is 5.92. The molecule has 2 aromatic carbocycles. The Morgan fingerprint density at radius 2 is 1.63 bits per heavy atom. The van der Waals surface area contributed by atoms with E-state index in [9.17, 15) is 9.59 Å². The molecule has 2 N–H and O–H groups in total. The van der Waals surface area contributed by atoms with Crippen molar-refractivity contribution in [3.63, 3.8) is 0 Å². The van der Waals surface area contributed by atoms with Crippen LogP contribution >= 0.6 is 0 Å². The maximum absolute atomic E-state index is 12.4. The van der Waals surface area contributed by atoms with E-state index in [0.717, 1.165) is 24.5 Å². The highest BCUT2D eigenvalue weighted by atomic mass is 16.5. The van der Waals surface area contributed by atoms with E-state index in [-0.39, 0.29) is 18.5 Å². The van der Waals surface area contributed by atoms with Crippen molar-refractivity contribution in [2.75, 3.05) is 50.1 Å². The number of benzene rings is 2. The van der Waals surface area contributed by atoms with E-state index in [1.165, 1.54) is 0 Å². The number of rotatable bonds is 5. The summed E-state index contributed by atoms with van der Waals surface area (Å²) in [6.45, 7) is 2.65. The Morgan fingerprint density at radius 1 is 0.963 bits per heavy atom. The van der Waals surface area contributed by atoms with Gasteiger partial charge in [0.05, 0.1) is 19.3 Å². The third kappa shape index (κ3) is 4.91. The third-order valence-electron chi connectivity index (χ3n) is 4.49. The van der Waals surface area contributed by atoms with Gasteiger partial charge >= 0.3 is 6.03 Å². The number of carbonyl (C=O) groups is 2. The highest BCUT2D eigenvalue weighted by Gasteiger charge is 2.22. The van der Waals surface area contributed by atoms with E-state index in [2.05, 4.69) is 15.5 Å². The lowest BCUT2D eigenvalue weighted by Gasteiger charge is -2.36. The van der Waals surface area contributed by atoms with Crippen LogP contribution in [0.25, 0.3) is 0 Å². The molecule has 7 heteroatoms. The van der Waals surface area contributed by atoms with Gasteiger partial charge < -0.3 is 25.2 Å². The Morgan fingerprint density at radius 3 is 2.33 bits per heavy atom. The zero-order valence-electron chi connectivity index (χ0n) is 15.4. The molecule has 0 aromatic heterocycles. The number of nitrogens with one attached hydrogen (secondary N) is 2. The molecule has 1 aliphatic rings. The van der Waals surface area contributed by atoms with Gasteiger partial charge in [0, 0.05) is 31.9 Å². The van der Waals surface area contributed by atoms with Crippen molar-refractivity contribution in [2.24, 2.45) is 0 Å². The van der Waals surface area contributed by atoms with E-state index in [1.807, 2.05) is 42.5 Å². The number of anilines is 2. The summed E-state index contributed by atoms with van der Waals surface area (Å²) in [6.07, 6.45) is 0. The van der Waals surface area contributed by atoms with Crippen LogP contribution in [0.1, 0.15) is 0 Å². The number of methoxy groups -OCH3 is 1. The molecule has 142 valence electrons. The second-order valence-corrected chi connectivity index (χ2v) is 6.21. The predicted molar refractivity (Wildman–Crippen MR) is 105 cm³/mol. The third-order valence-corrected chi connectivity index (χ3v) is 4.49. The molecule has 27 heavy (non-hydrogen) atoms. The molecule has 1 aliphatic heterocycles. The average Bonchev–Trinajstić information content (AvgIpc) is 2.73. The first-order valence-corrected chi connectivity index (χ1v) is 8.93. The minimum atomic E-state index is -0.387. The Hall–Kier alpha value is -3.22. The minimum absolute atomic E-state index is 0.0205. The fourth-order valence-electron chi connectivity index (χ4n) is 3.05. The fourth-order valence-corrected chi connectivity index (χ4v) is 3.05. The number of ether oxygens (including phenoxy) is 1. The van der Waals surface area contributed by atoms with Crippen molar-refractivity contribution in [1.29, 1.82) is 0 Å². The van der Waals surface area contributed by atoms with Crippen LogP contribution in [0, 0.1) is 0 Å². The van der Waals surface area contributed by atoms with Crippen molar-refractivity contribution in [2.45, 2.75) is 0 Å². The quantitative estimate of drug-likeness (QED) is 0.848. The van der Waals surface area contributed by atoms with Gasteiger partial charge in [0.15, 0.2) is 0 Å². The minimum Gasteiger partial charge on any atom is -0.495 e. The van der Waals surface area contributed by atoms with E-state index in [1.54, 1.807) is 24.1 Å². The average molecular weight is 368 g/mol. The van der Waals surface area contributed by atoms with Gasteiger partial charge in [-0.3, -0.25) is 4.79 Å². The van der Waals surface area contributed by atoms with Crippen LogP contribution in [0.2, 0.25) is 0 Å². The van der Waals surface area contributed by atoms with Crippen LogP contribution in [0.5, 0.6) is 5.75 Å². The van der Waals surface area contributed by atoms with E-state index in [4.69, 9.17) is 4.74 Å². The summed E-state index contributed by atoms with van der Waals surface area (Å²) in [5.41, 5.74) is 1.72. The monoisotopic (exact) mass is 368 g/mol. The normalized spacial score (nSPS) is 13.8. The van der Waals surface area contributed by atoms with Gasteiger partial charge in [-0.15, -0.1) is 0 Å². The number of carbonyl (C=O) groups excluding carboxylic acids is 2. The SMILES string of the molecule is COc1ccccc1N1CCN(C(=O)CNC(=O)Nc2ccccc2)CC1. The first kappa shape index (κ1) is 18.6. The number of hydrogen-bond donors (Lipinski definition) is 2. The maximum Gasteiger partial charge on any atom is 0.319 e. The number of para-hydroxylation sites is 3. The van der Waals surface area contributed by atoms with Crippen LogP contribution in [0.4, 0.5) is 16.2 Å². The van der Waals surface area contributed by atoms with Crippen molar-refractivity contribution in [3.05, 3.63) is 54.6 Å². The zero-order chi connectivity index (χ0) is 19.1. The van der Waals surface area contributed by atoms with Gasteiger partial charge in [-0.2, -0.15) is 0 Å². The molecule has 7 nitrogen and oxygen atoms in total. The molecular weight excluding hydrogens is 344 g/mol. The van der Waals surface area contributed by atoms with Crippen molar-refractivity contribution < 1.29 is 14.3 Å². The first-order chi connectivity index (χ1) is 13.2. The summed E-state index contributed by atoms with van der Waals surface area (Å²) in [6, 6.07) is 16.6. The Labute approximate surface area is 158 Å². The van der Waals surface area contributed by atoms with E-state index >= 15 is 0 Å². The van der Waals surface area contributed by atoms with Gasteiger partial charge in [-0.1, -0.05) is 30.3 Å². The lowest BCUT2D eigenvalue weighted by Crippen LogP contribution is -2.51. The molecule has 0 atom stereocenters. The molecule has 0 saturated carbocycles. The summed E-state index contributed by atoms with van der Waals surface area (Å²) in [4.78, 5) is 28.2. The van der Waals surface area contributed by atoms with Crippen LogP contribution in [0.15, 0.2) is 54.6 Å². The van der Waals surface area contributed by atoms with Gasteiger partial charge in [0.2, 0.25) is 5.91 Å². The molecule has 1 saturated heterocycles. The molecule has 2 aromatic rings. The molecule has 1 fully saturated rings. The predicted octanol–water partition coefficient (Wildman–Crippen LogP) is 2.17. The molecule has 0 aliphatic carbocycles. The molecule has 0 spiro atoms. The molecule has 0 bridgehead atoms. The molecule has 0 radical (unpaired) electrons. The van der Waals surface area contributed by atoms with Crippen LogP contribution in [-0.2, 0) is 4.79 Å². The van der Waals surface area contributed by atoms with Crippen molar-refractivity contribution in [1.82, 2.24) is 10.2 Å². The maximum atomic E-state index is 12.4. The second kappa shape index (κ2) is 8.93. The number of amides is 3. The molecule has 0 unspecified atom stereocenters. The smallest absolute Gasteiger partial charge is 0.319 e. The largest absolute Gasteiger partial charge is 0.495 e. The Bertz CT molecular complexity index is 774. The Balaban J connectivity index is 1.45. The molecule has 3 amide bonds. The number of urea groups is 1. The molecular formula is C20H24N4O3. The second-order valence-electron chi connectivity index (χ2n) is 6.21. The number of piperazine rings is 1. The summed E-state index contributed by atoms with van der Waals surface area (Å²) in [5.74, 6) is 0.745. The van der Waals surface area contributed by atoms with Crippen LogP contribution in [0.3, 0.4) is 0 Å². The summed E-state index contributed by atoms with van der Waals surface area (Å²) < 4.78 is 5.41. The van der Waals surface area contributed by atoms with Crippen molar-refractivity contribution >= 4 is 23.3 Å². The lowest BCUT2D eigenvalue weighted by atomic mass is 10.2. The van der Waals surface area contributed by atoms with Crippen LogP contribution < -0.4 is 20.3 Å². The highest BCUT2D eigenvalue weighted by Crippen LogP contribution is 2.28. The standard InChI is InChI=1S/C20H24N4O3/c1-27-18-10-6-5-9-17(18)23-11-13-24(14-12-23)19(25)15-21-20(26)22-16-7-3-2-4-8-16/h2-10H,11-15H2,1H3,(H2,21,22,26). The summed E-state index contributed by atoms with van der Waals surface area (Å²) in [5, 5.41) is 5.31. The fraction of sp³-hybridized carbons (Fsp3) is 0.300. The number of nitrogens with zero attached hydrogens (tertiary/aromatic N) is 2. The van der Waals surface area contributed by atoms with Gasteiger partial charge in [-0.05, 0) is 24.3 Å².